The van der Waals surface area contributed by atoms with Crippen LogP contribution in [0.15, 0.2) is 36.4 Å². The van der Waals surface area contributed by atoms with Gasteiger partial charge in [-0.2, -0.15) is 39.5 Å². The van der Waals surface area contributed by atoms with Crippen LogP contribution in [-0.4, -0.2) is 29.0 Å². The predicted octanol–water partition coefficient (Wildman–Crippen LogP) is 8.37. The molecule has 1 fully saturated rings. The van der Waals surface area contributed by atoms with Crippen LogP contribution in [0.1, 0.15) is 73.9 Å². The predicted molar refractivity (Wildman–Crippen MR) is 132 cm³/mol. The van der Waals surface area contributed by atoms with Crippen molar-refractivity contribution in [1.82, 2.24) is 4.90 Å². The molecule has 5 nitrogen and oxygen atoms in total. The molecule has 1 aliphatic carbocycles. The zero-order valence-electron chi connectivity index (χ0n) is 22.6. The third-order valence-corrected chi connectivity index (χ3v) is 7.25. The number of nitrogens with zero attached hydrogens (tertiary/aromatic N) is 2. The van der Waals surface area contributed by atoms with E-state index in [4.69, 9.17) is 4.74 Å². The van der Waals surface area contributed by atoms with Gasteiger partial charge in [-0.05, 0) is 86.6 Å². The first kappa shape index (κ1) is 31.5. The maximum atomic E-state index is 13.7. The average Bonchev–Trinajstić information content (AvgIpc) is 3.69. The van der Waals surface area contributed by atoms with Gasteiger partial charge in [0, 0.05) is 19.5 Å². The molecule has 0 N–H and O–H groups in total. The van der Waals surface area contributed by atoms with Crippen LogP contribution in [-0.2, 0) is 34.6 Å². The zero-order valence-corrected chi connectivity index (χ0v) is 22.6. The molecule has 0 radical (unpaired) electrons. The Hall–Kier alpha value is -3.45. The fourth-order valence-electron chi connectivity index (χ4n) is 5.28. The topological polar surface area (TPSA) is 49.9 Å². The highest BCUT2D eigenvalue weighted by Crippen LogP contribution is 2.50. The molecule has 14 heteroatoms. The summed E-state index contributed by atoms with van der Waals surface area (Å²) in [4.78, 5) is 28.3. The number of rotatable bonds is 5. The van der Waals surface area contributed by atoms with Gasteiger partial charge < -0.3 is 9.64 Å². The largest absolute Gasteiger partial charge is 0.446 e. The first-order chi connectivity index (χ1) is 19.3. The first-order valence-electron chi connectivity index (χ1n) is 13.0. The van der Waals surface area contributed by atoms with E-state index in [9.17, 15) is 49.1 Å². The van der Waals surface area contributed by atoms with E-state index in [1.165, 1.54) is 4.90 Å². The molecule has 0 saturated heterocycles. The molecule has 1 heterocycles. The zero-order chi connectivity index (χ0) is 31.4. The lowest BCUT2D eigenvalue weighted by Crippen LogP contribution is -2.50. The third kappa shape index (κ3) is 6.78. The Bertz CT molecular complexity index is 1320. The van der Waals surface area contributed by atoms with Crippen LogP contribution in [0.3, 0.4) is 0 Å². The lowest BCUT2D eigenvalue weighted by atomic mass is 9.86. The second-order valence-corrected chi connectivity index (χ2v) is 10.8. The third-order valence-electron chi connectivity index (χ3n) is 7.25. The highest BCUT2D eigenvalue weighted by Gasteiger charge is 2.47. The van der Waals surface area contributed by atoms with Gasteiger partial charge in [0.05, 0.1) is 34.5 Å². The van der Waals surface area contributed by atoms with Gasteiger partial charge in [-0.1, -0.05) is 0 Å². The van der Waals surface area contributed by atoms with Gasteiger partial charge in [0.25, 0.3) is 0 Å². The number of halogens is 9. The summed E-state index contributed by atoms with van der Waals surface area (Å²) >= 11 is 0. The minimum absolute atomic E-state index is 0.0214. The minimum atomic E-state index is -5.13. The molecule has 230 valence electrons. The van der Waals surface area contributed by atoms with Crippen molar-refractivity contribution in [3.63, 3.8) is 0 Å². The van der Waals surface area contributed by atoms with Crippen molar-refractivity contribution in [2.24, 2.45) is 5.92 Å². The Morgan fingerprint density at radius 2 is 1.43 bits per heavy atom. The summed E-state index contributed by atoms with van der Waals surface area (Å²) in [7, 11) is 0. The monoisotopic (exact) mass is 610 g/mol. The number of fused-ring (bicyclic) bond motifs is 1. The Balaban J connectivity index is 1.86. The summed E-state index contributed by atoms with van der Waals surface area (Å²) in [5.74, 6) is -0.885. The van der Waals surface area contributed by atoms with E-state index in [0.29, 0.717) is 25.0 Å². The van der Waals surface area contributed by atoms with Crippen LogP contribution in [0.4, 0.5) is 50.0 Å². The number of hydrogen-bond acceptors (Lipinski definition) is 3. The van der Waals surface area contributed by atoms with Crippen LogP contribution in [0.5, 0.6) is 0 Å². The summed E-state index contributed by atoms with van der Waals surface area (Å²) in [6, 6.07) is 1.66. The lowest BCUT2D eigenvalue weighted by Gasteiger charge is -2.44. The van der Waals surface area contributed by atoms with Gasteiger partial charge in [-0.3, -0.25) is 9.69 Å². The maximum absolute atomic E-state index is 13.7. The van der Waals surface area contributed by atoms with Crippen LogP contribution in [0, 0.1) is 5.92 Å². The molecular weight excluding hydrogens is 583 g/mol. The Labute approximate surface area is 235 Å². The smallest absolute Gasteiger partial charge is 0.416 e. The first-order valence-corrected chi connectivity index (χ1v) is 13.0. The molecule has 2 aromatic carbocycles. The average molecular weight is 611 g/mol. The number of ether oxygens (including phenoxy) is 1. The fourth-order valence-corrected chi connectivity index (χ4v) is 5.28. The Kier molecular flexibility index (Phi) is 8.24. The van der Waals surface area contributed by atoms with Crippen molar-refractivity contribution in [2.45, 2.75) is 83.3 Å². The highest BCUT2D eigenvalue weighted by atomic mass is 19.4. The van der Waals surface area contributed by atoms with Crippen molar-refractivity contribution in [2.75, 3.05) is 4.90 Å². The Morgan fingerprint density at radius 1 is 0.881 bits per heavy atom. The van der Waals surface area contributed by atoms with Crippen molar-refractivity contribution in [1.29, 1.82) is 0 Å². The van der Waals surface area contributed by atoms with E-state index in [-0.39, 0.29) is 29.7 Å². The Morgan fingerprint density at radius 3 is 1.88 bits per heavy atom. The van der Waals surface area contributed by atoms with Crippen molar-refractivity contribution in [3.05, 3.63) is 64.2 Å². The summed E-state index contributed by atoms with van der Waals surface area (Å²) in [5.41, 5.74) is -4.88. The number of carbonyl (C=O) groups is 2. The molecule has 1 saturated carbocycles. The molecule has 2 aromatic rings. The van der Waals surface area contributed by atoms with Gasteiger partial charge >= 0.3 is 24.6 Å². The molecule has 4 rings (SSSR count). The van der Waals surface area contributed by atoms with Gasteiger partial charge in [0.1, 0.15) is 0 Å². The molecule has 1 aliphatic heterocycles. The quantitative estimate of drug-likeness (QED) is 0.320. The number of benzene rings is 2. The SMILES string of the molecule is CC(=O)N(Cc1cc(C(F)(F)F)cc(C(F)(F)F)c1)[C@H]1C[C@@H](C2CC2)N(C(=O)OC(C)C)c2ccc(C(F)(F)F)cc21. The summed E-state index contributed by atoms with van der Waals surface area (Å²) in [5, 5.41) is 0. The van der Waals surface area contributed by atoms with E-state index in [0.717, 1.165) is 30.0 Å². The number of carbonyl (C=O) groups excluding carboxylic acids is 2. The minimum Gasteiger partial charge on any atom is -0.446 e. The standard InChI is InChI=1S/C28H27F9N2O3/c1-14(2)42-25(41)39-22-7-6-18(26(29,30)31)11-21(22)24(12-23(39)17-4-5-17)38(15(3)40)13-16-8-19(27(32,33)34)10-20(9-16)28(35,36)37/h6-11,14,17,23-24H,4-5,12-13H2,1-3H3/t23-,24-/m0/s1. The highest BCUT2D eigenvalue weighted by molar-refractivity contribution is 5.91. The molecule has 0 spiro atoms. The molecule has 42 heavy (non-hydrogen) atoms. The van der Waals surface area contributed by atoms with Crippen molar-refractivity contribution < 1.29 is 53.8 Å². The number of amides is 2. The number of hydrogen-bond donors (Lipinski definition) is 0. The van der Waals surface area contributed by atoms with Crippen LogP contribution < -0.4 is 4.90 Å². The molecule has 0 bridgehead atoms. The summed E-state index contributed by atoms with van der Waals surface area (Å²) < 4.78 is 128. The van der Waals surface area contributed by atoms with Gasteiger partial charge in [-0.15, -0.1) is 0 Å². The van der Waals surface area contributed by atoms with Gasteiger partial charge in [0.15, 0.2) is 0 Å². The second-order valence-electron chi connectivity index (χ2n) is 10.8. The molecular formula is C28H27F9N2O3. The van der Waals surface area contributed by atoms with Crippen molar-refractivity contribution >= 4 is 17.7 Å². The van der Waals surface area contributed by atoms with E-state index in [1.54, 1.807) is 13.8 Å². The molecule has 0 unspecified atom stereocenters. The molecule has 2 atom stereocenters. The summed E-state index contributed by atoms with van der Waals surface area (Å²) in [6.07, 6.45) is -15.2. The number of anilines is 1. The second kappa shape index (κ2) is 11.0. The van der Waals surface area contributed by atoms with Crippen LogP contribution in [0.25, 0.3) is 0 Å². The van der Waals surface area contributed by atoms with E-state index in [1.807, 2.05) is 0 Å². The van der Waals surface area contributed by atoms with E-state index in [2.05, 4.69) is 0 Å². The number of alkyl halides is 9. The summed E-state index contributed by atoms with van der Waals surface area (Å²) in [6.45, 7) is 3.45. The van der Waals surface area contributed by atoms with Crippen LogP contribution in [0.2, 0.25) is 0 Å². The molecule has 2 amide bonds. The molecule has 0 aromatic heterocycles. The van der Waals surface area contributed by atoms with Gasteiger partial charge in [0.2, 0.25) is 5.91 Å². The van der Waals surface area contributed by atoms with E-state index < -0.39 is 77.5 Å². The van der Waals surface area contributed by atoms with E-state index >= 15 is 0 Å². The van der Waals surface area contributed by atoms with Crippen LogP contribution >= 0.6 is 0 Å². The lowest BCUT2D eigenvalue weighted by molar-refractivity contribution is -0.143. The molecule has 2 aliphatic rings. The van der Waals surface area contributed by atoms with Gasteiger partial charge in [-0.25, -0.2) is 4.79 Å². The van der Waals surface area contributed by atoms with Crippen molar-refractivity contribution in [3.8, 4) is 0 Å². The normalized spacial score (nSPS) is 19.5. The maximum Gasteiger partial charge on any atom is 0.416 e. The fraction of sp³-hybridized carbons (Fsp3) is 0.500.